The van der Waals surface area contributed by atoms with Gasteiger partial charge in [0.1, 0.15) is 5.70 Å². The van der Waals surface area contributed by atoms with Gasteiger partial charge in [-0.1, -0.05) is 78.3 Å². The number of halogens is 1. The molecule has 6 rings (SSSR count). The van der Waals surface area contributed by atoms with Crippen LogP contribution in [0.4, 0.5) is 11.4 Å². The molecule has 1 unspecified atom stereocenters. The zero-order valence-corrected chi connectivity index (χ0v) is 27.6. The number of ketones is 2. The van der Waals surface area contributed by atoms with Gasteiger partial charge in [-0.15, -0.1) is 11.8 Å². The van der Waals surface area contributed by atoms with Crippen LogP contribution in [0.2, 0.25) is 5.02 Å². The third kappa shape index (κ3) is 7.54. The number of hydrogen-bond acceptors (Lipinski definition) is 6. The van der Waals surface area contributed by atoms with Crippen molar-refractivity contribution in [1.82, 2.24) is 5.32 Å². The Morgan fingerprint density at radius 2 is 1.37 bits per heavy atom. The van der Waals surface area contributed by atoms with E-state index in [9.17, 15) is 24.0 Å². The average Bonchev–Trinajstić information content (AvgIpc) is 3.11. The first-order valence-electron chi connectivity index (χ1n) is 15.2. The van der Waals surface area contributed by atoms with Crippen molar-refractivity contribution in [2.75, 3.05) is 10.6 Å². The maximum Gasteiger partial charge on any atom is 0.272 e. The second-order valence-electron chi connectivity index (χ2n) is 11.1. The molecule has 0 radical (unpaired) electrons. The van der Waals surface area contributed by atoms with E-state index in [0.717, 1.165) is 4.90 Å². The highest BCUT2D eigenvalue weighted by Gasteiger charge is 2.32. The van der Waals surface area contributed by atoms with Crippen LogP contribution in [0.5, 0.6) is 0 Å². The van der Waals surface area contributed by atoms with Crippen molar-refractivity contribution in [3.8, 4) is 0 Å². The first-order chi connectivity index (χ1) is 23.7. The number of fused-ring (bicyclic) bond motifs is 2. The summed E-state index contributed by atoms with van der Waals surface area (Å²) in [4.78, 5) is 66.7. The van der Waals surface area contributed by atoms with Crippen LogP contribution in [-0.4, -0.2) is 34.5 Å². The minimum absolute atomic E-state index is 0.0200. The van der Waals surface area contributed by atoms with Gasteiger partial charge in [0.05, 0.1) is 16.5 Å². The number of carbonyl (C=O) groups is 5. The van der Waals surface area contributed by atoms with E-state index in [2.05, 4.69) is 16.0 Å². The van der Waals surface area contributed by atoms with Crippen molar-refractivity contribution in [2.45, 2.75) is 17.1 Å². The molecule has 0 aromatic heterocycles. The van der Waals surface area contributed by atoms with Crippen LogP contribution in [0.15, 0.2) is 132 Å². The molecule has 1 aliphatic rings. The summed E-state index contributed by atoms with van der Waals surface area (Å²) in [6.07, 6.45) is 1.54. The number of hydrogen-bond donors (Lipinski definition) is 3. The molecule has 0 fully saturated rings. The lowest BCUT2D eigenvalue weighted by Crippen LogP contribution is -2.30. The largest absolute Gasteiger partial charge is 0.324 e. The Bertz CT molecular complexity index is 2150. The summed E-state index contributed by atoms with van der Waals surface area (Å²) in [7, 11) is 0. The zero-order valence-electron chi connectivity index (χ0n) is 26.0. The molecule has 49 heavy (non-hydrogen) atoms. The molecule has 0 spiro atoms. The van der Waals surface area contributed by atoms with Gasteiger partial charge >= 0.3 is 0 Å². The van der Waals surface area contributed by atoms with Gasteiger partial charge in [0, 0.05) is 37.9 Å². The van der Waals surface area contributed by atoms with Crippen molar-refractivity contribution in [2.24, 2.45) is 0 Å². The van der Waals surface area contributed by atoms with Gasteiger partial charge in [-0.05, 0) is 73.2 Å². The highest BCUT2D eigenvalue weighted by molar-refractivity contribution is 8.00. The summed E-state index contributed by atoms with van der Waals surface area (Å²) in [5, 5.41) is 8.26. The third-order valence-corrected chi connectivity index (χ3v) is 9.04. The SMILES string of the molecule is CC(Sc1ccc(NC(=O)/C(=C/c2cccc(Cl)c2)NC(=O)c2ccccc2)cc1)C(=O)Nc1cccc2c1C(=O)c1ccccc1C2=O. The van der Waals surface area contributed by atoms with Crippen LogP contribution in [0, 0.1) is 0 Å². The molecule has 1 aliphatic carbocycles. The number of nitrogens with one attached hydrogen (secondary N) is 3. The number of anilines is 2. The fourth-order valence-corrected chi connectivity index (χ4v) is 6.33. The van der Waals surface area contributed by atoms with E-state index in [-0.39, 0.29) is 40.0 Å². The minimum Gasteiger partial charge on any atom is -0.324 e. The van der Waals surface area contributed by atoms with E-state index in [4.69, 9.17) is 11.6 Å². The number of carbonyl (C=O) groups excluding carboxylic acids is 5. The van der Waals surface area contributed by atoms with E-state index in [1.807, 2.05) is 0 Å². The summed E-state index contributed by atoms with van der Waals surface area (Å²) in [6, 6.07) is 33.8. The van der Waals surface area contributed by atoms with Crippen LogP contribution in [0.1, 0.15) is 54.7 Å². The summed E-state index contributed by atoms with van der Waals surface area (Å²) in [5.41, 5.74) is 2.88. The van der Waals surface area contributed by atoms with E-state index < -0.39 is 17.1 Å². The first-order valence-corrected chi connectivity index (χ1v) is 16.5. The van der Waals surface area contributed by atoms with Crippen LogP contribution < -0.4 is 16.0 Å². The second kappa shape index (κ2) is 14.6. The van der Waals surface area contributed by atoms with Crippen molar-refractivity contribution in [3.63, 3.8) is 0 Å². The van der Waals surface area contributed by atoms with E-state index in [1.54, 1.807) is 134 Å². The molecule has 0 bridgehead atoms. The normalized spacial score (nSPS) is 12.7. The summed E-state index contributed by atoms with van der Waals surface area (Å²) >= 11 is 7.42. The lowest BCUT2D eigenvalue weighted by atomic mass is 9.83. The average molecular weight is 686 g/mol. The fourth-order valence-electron chi connectivity index (χ4n) is 5.26. The van der Waals surface area contributed by atoms with Crippen LogP contribution in [-0.2, 0) is 9.59 Å². The molecule has 10 heteroatoms. The molecule has 0 saturated carbocycles. The lowest BCUT2D eigenvalue weighted by Gasteiger charge is -2.21. The predicted octanol–water partition coefficient (Wildman–Crippen LogP) is 7.64. The molecule has 5 aromatic carbocycles. The Balaban J connectivity index is 1.12. The quantitative estimate of drug-likeness (QED) is 0.106. The van der Waals surface area contributed by atoms with Crippen molar-refractivity contribution in [1.29, 1.82) is 0 Å². The highest BCUT2D eigenvalue weighted by atomic mass is 35.5. The standard InChI is InChI=1S/C39H28ClN3O5S/c1-23(37(46)42-32-16-8-15-31-34(32)36(45)30-14-6-5-13-29(30)35(31)44)49-28-19-17-27(18-20-28)41-39(48)33(22-24-9-7-12-26(40)21-24)43-38(47)25-10-3-2-4-11-25/h2-23H,1H3,(H,41,48)(H,42,46)(H,43,47)/b33-22-. The van der Waals surface area contributed by atoms with Gasteiger partial charge in [-0.2, -0.15) is 0 Å². The molecular weight excluding hydrogens is 658 g/mol. The summed E-state index contributed by atoms with van der Waals surface area (Å²) in [6.45, 7) is 1.73. The highest BCUT2D eigenvalue weighted by Crippen LogP contribution is 2.33. The maximum atomic E-state index is 13.4. The Hall–Kier alpha value is -5.77. The molecule has 3 amide bonds. The molecule has 3 N–H and O–H groups in total. The molecule has 0 heterocycles. The number of thioether (sulfide) groups is 1. The monoisotopic (exact) mass is 685 g/mol. The van der Waals surface area contributed by atoms with E-state index in [1.165, 1.54) is 11.8 Å². The van der Waals surface area contributed by atoms with Crippen molar-refractivity contribution in [3.05, 3.63) is 165 Å². The molecule has 1 atom stereocenters. The predicted molar refractivity (Wildman–Crippen MR) is 192 cm³/mol. The van der Waals surface area contributed by atoms with Gasteiger partial charge in [0.25, 0.3) is 11.8 Å². The molecule has 8 nitrogen and oxygen atoms in total. The summed E-state index contributed by atoms with van der Waals surface area (Å²) in [5.74, 6) is -1.91. The Morgan fingerprint density at radius 1 is 0.714 bits per heavy atom. The third-order valence-electron chi connectivity index (χ3n) is 7.69. The van der Waals surface area contributed by atoms with Gasteiger partial charge in [0.2, 0.25) is 5.91 Å². The van der Waals surface area contributed by atoms with Crippen LogP contribution >= 0.6 is 23.4 Å². The van der Waals surface area contributed by atoms with E-state index in [0.29, 0.717) is 33.0 Å². The van der Waals surface area contributed by atoms with Crippen molar-refractivity contribution >= 4 is 70.1 Å². The van der Waals surface area contributed by atoms with Gasteiger partial charge < -0.3 is 16.0 Å². The summed E-state index contributed by atoms with van der Waals surface area (Å²) < 4.78 is 0. The molecule has 0 aliphatic heterocycles. The number of amides is 3. The maximum absolute atomic E-state index is 13.4. The zero-order chi connectivity index (χ0) is 34.5. The Morgan fingerprint density at radius 3 is 2.08 bits per heavy atom. The van der Waals surface area contributed by atoms with Crippen LogP contribution in [0.3, 0.4) is 0 Å². The molecule has 242 valence electrons. The molecular formula is C39H28ClN3O5S. The van der Waals surface area contributed by atoms with Gasteiger partial charge in [0.15, 0.2) is 11.6 Å². The number of benzene rings is 5. The first kappa shape index (κ1) is 33.1. The van der Waals surface area contributed by atoms with E-state index >= 15 is 0 Å². The Kier molecular flexibility index (Phi) is 9.84. The molecule has 0 saturated heterocycles. The lowest BCUT2D eigenvalue weighted by molar-refractivity contribution is -0.115. The molecule has 5 aromatic rings. The Labute approximate surface area is 291 Å². The minimum atomic E-state index is -0.571. The topological polar surface area (TPSA) is 121 Å². The van der Waals surface area contributed by atoms with Gasteiger partial charge in [-0.3, -0.25) is 24.0 Å². The van der Waals surface area contributed by atoms with Crippen molar-refractivity contribution < 1.29 is 24.0 Å². The van der Waals surface area contributed by atoms with Crippen LogP contribution in [0.25, 0.3) is 6.08 Å². The fraction of sp³-hybridized carbons (Fsp3) is 0.0513. The number of rotatable bonds is 9. The smallest absolute Gasteiger partial charge is 0.272 e. The second-order valence-corrected chi connectivity index (χ2v) is 12.9. The van der Waals surface area contributed by atoms with Gasteiger partial charge in [-0.25, -0.2) is 0 Å².